The number of hydrogen-bond donors (Lipinski definition) is 2. The molecule has 0 radical (unpaired) electrons. The van der Waals surface area contributed by atoms with Crippen molar-refractivity contribution in [3.05, 3.63) is 35.4 Å². The van der Waals surface area contributed by atoms with Crippen LogP contribution in [0.1, 0.15) is 44.7 Å². The van der Waals surface area contributed by atoms with E-state index in [-0.39, 0.29) is 35.7 Å². The highest BCUT2D eigenvalue weighted by molar-refractivity contribution is 14.0. The van der Waals surface area contributed by atoms with E-state index >= 15 is 0 Å². The quantitative estimate of drug-likeness (QED) is 0.371. The van der Waals surface area contributed by atoms with Crippen LogP contribution in [-0.4, -0.2) is 37.9 Å². The van der Waals surface area contributed by atoms with Crippen LogP contribution in [0.2, 0.25) is 0 Å². The van der Waals surface area contributed by atoms with E-state index in [1.54, 1.807) is 7.05 Å². The van der Waals surface area contributed by atoms with Crippen LogP contribution in [0.5, 0.6) is 0 Å². The Hall–Kier alpha value is -0.860. The highest BCUT2D eigenvalue weighted by atomic mass is 127. The van der Waals surface area contributed by atoms with Crippen LogP contribution in [0.15, 0.2) is 29.3 Å². The van der Waals surface area contributed by atoms with Gasteiger partial charge in [-0.1, -0.05) is 24.3 Å². The second kappa shape index (κ2) is 11.0. The van der Waals surface area contributed by atoms with Crippen molar-refractivity contribution in [3.63, 3.8) is 0 Å². The molecule has 2 rings (SSSR count). The van der Waals surface area contributed by atoms with Crippen LogP contribution in [0.25, 0.3) is 0 Å². The molecule has 1 aromatic carbocycles. The summed E-state index contributed by atoms with van der Waals surface area (Å²) in [5.74, 6) is 0.805. The molecule has 1 aliphatic heterocycles. The van der Waals surface area contributed by atoms with E-state index in [1.165, 1.54) is 11.1 Å². The molecule has 1 unspecified atom stereocenters. The van der Waals surface area contributed by atoms with Gasteiger partial charge in [-0.2, -0.15) is 0 Å². The molecule has 0 spiro atoms. The first-order valence-corrected chi connectivity index (χ1v) is 8.79. The van der Waals surface area contributed by atoms with Crippen LogP contribution in [0.3, 0.4) is 0 Å². The van der Waals surface area contributed by atoms with Crippen LogP contribution >= 0.6 is 24.0 Å². The van der Waals surface area contributed by atoms with E-state index in [0.29, 0.717) is 6.61 Å². The second-order valence-corrected chi connectivity index (χ2v) is 6.86. The topological polar surface area (TPSA) is 54.9 Å². The standard InChI is InChI=1S/C19H31N3O2.HI/c1-15(2)23-13-17-8-6-16(7-9-17)12-21-18(20-4)22-14-19(3)10-5-11-24-19;/h6-9,15H,5,10-14H2,1-4H3,(H2,20,21,22);1H. The van der Waals surface area contributed by atoms with Gasteiger partial charge < -0.3 is 20.1 Å². The summed E-state index contributed by atoms with van der Waals surface area (Å²) in [5.41, 5.74) is 2.34. The largest absolute Gasteiger partial charge is 0.374 e. The van der Waals surface area contributed by atoms with Gasteiger partial charge in [-0.15, -0.1) is 24.0 Å². The van der Waals surface area contributed by atoms with Crippen molar-refractivity contribution < 1.29 is 9.47 Å². The molecule has 2 N–H and O–H groups in total. The number of nitrogens with one attached hydrogen (secondary N) is 2. The van der Waals surface area contributed by atoms with Gasteiger partial charge in [0, 0.05) is 26.7 Å². The van der Waals surface area contributed by atoms with Crippen molar-refractivity contribution in [2.45, 2.75) is 58.5 Å². The molecule has 0 amide bonds. The van der Waals surface area contributed by atoms with E-state index in [9.17, 15) is 0 Å². The van der Waals surface area contributed by atoms with E-state index in [4.69, 9.17) is 9.47 Å². The molecule has 0 bridgehead atoms. The highest BCUT2D eigenvalue weighted by Crippen LogP contribution is 2.23. The van der Waals surface area contributed by atoms with Gasteiger partial charge in [-0.3, -0.25) is 4.99 Å². The minimum absolute atomic E-state index is 0. The zero-order valence-electron chi connectivity index (χ0n) is 15.8. The van der Waals surface area contributed by atoms with Crippen molar-refractivity contribution in [2.24, 2.45) is 4.99 Å². The predicted octanol–water partition coefficient (Wildman–Crippen LogP) is 3.46. The van der Waals surface area contributed by atoms with Crippen LogP contribution in [-0.2, 0) is 22.6 Å². The lowest BCUT2D eigenvalue weighted by Crippen LogP contribution is -2.45. The van der Waals surface area contributed by atoms with Crippen LogP contribution < -0.4 is 10.6 Å². The number of hydrogen-bond acceptors (Lipinski definition) is 3. The number of halogens is 1. The number of benzene rings is 1. The lowest BCUT2D eigenvalue weighted by molar-refractivity contribution is 0.0243. The lowest BCUT2D eigenvalue weighted by Gasteiger charge is -2.24. The Kier molecular flexibility index (Phi) is 9.74. The third-order valence-corrected chi connectivity index (χ3v) is 4.22. The van der Waals surface area contributed by atoms with Crippen LogP contribution in [0.4, 0.5) is 0 Å². The van der Waals surface area contributed by atoms with Gasteiger partial charge >= 0.3 is 0 Å². The molecule has 1 aromatic rings. The van der Waals surface area contributed by atoms with Gasteiger partial charge in [0.25, 0.3) is 0 Å². The maximum Gasteiger partial charge on any atom is 0.191 e. The summed E-state index contributed by atoms with van der Waals surface area (Å²) >= 11 is 0. The Labute approximate surface area is 169 Å². The molecule has 1 saturated heterocycles. The Morgan fingerprint density at radius 3 is 2.48 bits per heavy atom. The number of rotatable bonds is 7. The van der Waals surface area contributed by atoms with E-state index < -0.39 is 0 Å². The molecule has 6 heteroatoms. The smallest absolute Gasteiger partial charge is 0.191 e. The van der Waals surface area contributed by atoms with Gasteiger partial charge in [0.1, 0.15) is 0 Å². The van der Waals surface area contributed by atoms with E-state index in [2.05, 4.69) is 46.8 Å². The Bertz CT molecular complexity index is 526. The first kappa shape index (κ1) is 22.2. The highest BCUT2D eigenvalue weighted by Gasteiger charge is 2.29. The number of guanidine groups is 1. The van der Waals surface area contributed by atoms with Crippen molar-refractivity contribution in [3.8, 4) is 0 Å². The fourth-order valence-corrected chi connectivity index (χ4v) is 2.67. The third kappa shape index (κ3) is 7.92. The minimum Gasteiger partial charge on any atom is -0.374 e. The van der Waals surface area contributed by atoms with Gasteiger partial charge in [0.2, 0.25) is 0 Å². The zero-order chi connectivity index (χ0) is 17.4. The molecule has 0 aliphatic carbocycles. The summed E-state index contributed by atoms with van der Waals surface area (Å²) < 4.78 is 11.4. The van der Waals surface area contributed by atoms with E-state index in [1.807, 2.05) is 13.8 Å². The molecule has 0 aromatic heterocycles. The molecule has 0 saturated carbocycles. The maximum absolute atomic E-state index is 5.79. The molecular weight excluding hydrogens is 429 g/mol. The van der Waals surface area contributed by atoms with Crippen molar-refractivity contribution in [1.82, 2.24) is 10.6 Å². The minimum atomic E-state index is -0.0737. The molecule has 1 atom stereocenters. The van der Waals surface area contributed by atoms with Crippen LogP contribution in [0, 0.1) is 0 Å². The summed E-state index contributed by atoms with van der Waals surface area (Å²) in [5, 5.41) is 6.71. The maximum atomic E-state index is 5.79. The normalized spacial score (nSPS) is 20.4. The predicted molar refractivity (Wildman–Crippen MR) is 114 cm³/mol. The molecule has 1 aliphatic rings. The van der Waals surface area contributed by atoms with Crippen molar-refractivity contribution >= 4 is 29.9 Å². The summed E-state index contributed by atoms with van der Waals surface area (Å²) in [4.78, 5) is 4.28. The monoisotopic (exact) mass is 461 g/mol. The zero-order valence-corrected chi connectivity index (χ0v) is 18.1. The molecular formula is C19H32IN3O2. The fraction of sp³-hybridized carbons (Fsp3) is 0.632. The second-order valence-electron chi connectivity index (χ2n) is 6.86. The average Bonchev–Trinajstić information content (AvgIpc) is 3.01. The SMILES string of the molecule is CN=C(NCc1ccc(COC(C)C)cc1)NCC1(C)CCCO1.I. The Morgan fingerprint density at radius 2 is 1.92 bits per heavy atom. The van der Waals surface area contributed by atoms with Crippen molar-refractivity contribution in [1.29, 1.82) is 0 Å². The van der Waals surface area contributed by atoms with Crippen molar-refractivity contribution in [2.75, 3.05) is 20.2 Å². The molecule has 5 nitrogen and oxygen atoms in total. The Balaban J connectivity index is 0.00000312. The first-order chi connectivity index (χ1) is 11.5. The fourth-order valence-electron chi connectivity index (χ4n) is 2.67. The lowest BCUT2D eigenvalue weighted by atomic mass is 10.0. The van der Waals surface area contributed by atoms with Gasteiger partial charge in [-0.05, 0) is 44.7 Å². The third-order valence-electron chi connectivity index (χ3n) is 4.22. The number of aliphatic imine (C=N–C) groups is 1. The molecule has 1 heterocycles. The molecule has 1 fully saturated rings. The molecule has 142 valence electrons. The van der Waals surface area contributed by atoms with E-state index in [0.717, 1.165) is 38.5 Å². The first-order valence-electron chi connectivity index (χ1n) is 8.79. The average molecular weight is 461 g/mol. The molecule has 25 heavy (non-hydrogen) atoms. The van der Waals surface area contributed by atoms with Gasteiger partial charge in [0.05, 0.1) is 18.3 Å². The van der Waals surface area contributed by atoms with Gasteiger partial charge in [-0.25, -0.2) is 0 Å². The summed E-state index contributed by atoms with van der Waals surface area (Å²) in [7, 11) is 1.79. The number of ether oxygens (including phenoxy) is 2. The summed E-state index contributed by atoms with van der Waals surface area (Å²) in [6, 6.07) is 8.48. The summed E-state index contributed by atoms with van der Waals surface area (Å²) in [6.45, 7) is 9.28. The summed E-state index contributed by atoms with van der Waals surface area (Å²) in [6.07, 6.45) is 2.49. The Morgan fingerprint density at radius 1 is 1.24 bits per heavy atom. The number of nitrogens with zero attached hydrogens (tertiary/aromatic N) is 1. The van der Waals surface area contributed by atoms with Gasteiger partial charge in [0.15, 0.2) is 5.96 Å².